The van der Waals surface area contributed by atoms with Gasteiger partial charge in [0.05, 0.1) is 11.0 Å². The Bertz CT molecular complexity index is 377. The van der Waals surface area contributed by atoms with Gasteiger partial charge in [-0.3, -0.25) is 4.90 Å². The van der Waals surface area contributed by atoms with E-state index < -0.39 is 0 Å². The second-order valence-corrected chi connectivity index (χ2v) is 4.25. The number of halogens is 1. The van der Waals surface area contributed by atoms with Crippen molar-refractivity contribution in [1.29, 1.82) is 0 Å². The van der Waals surface area contributed by atoms with Crippen molar-refractivity contribution in [2.45, 2.75) is 13.0 Å². The fourth-order valence-electron chi connectivity index (χ4n) is 1.55. The fourth-order valence-corrected chi connectivity index (χ4v) is 1.90. The average molecular weight is 226 g/mol. The minimum atomic E-state index is -0.209. The van der Waals surface area contributed by atoms with E-state index in [1.165, 1.54) is 6.07 Å². The molecule has 0 aromatic heterocycles. The highest BCUT2D eigenvalue weighted by Crippen LogP contribution is 2.20. The Kier molecular flexibility index (Phi) is 3.77. The van der Waals surface area contributed by atoms with Gasteiger partial charge in [0, 0.05) is 0 Å². The predicted molar refractivity (Wildman–Crippen MR) is 64.4 cm³/mol. The number of aryl methyl sites for hydroxylation is 1. The first kappa shape index (κ1) is 12.1. The van der Waals surface area contributed by atoms with E-state index in [-0.39, 0.29) is 11.9 Å². The van der Waals surface area contributed by atoms with E-state index in [9.17, 15) is 4.39 Å². The first-order valence-electron chi connectivity index (χ1n) is 4.65. The molecule has 0 aliphatic rings. The molecule has 82 valence electrons. The van der Waals surface area contributed by atoms with Gasteiger partial charge in [-0.1, -0.05) is 24.4 Å². The summed E-state index contributed by atoms with van der Waals surface area (Å²) in [5.74, 6) is -0.209. The molecule has 1 rings (SSSR count). The molecule has 1 atom stereocenters. The SMILES string of the molecule is Cc1cc(C(C(N)=S)N(C)C)ccc1F. The normalized spacial score (nSPS) is 12.9. The number of nitrogens with two attached hydrogens (primary N) is 1. The second-order valence-electron chi connectivity index (χ2n) is 3.78. The van der Waals surface area contributed by atoms with E-state index >= 15 is 0 Å². The molecule has 0 saturated carbocycles. The third-order valence-corrected chi connectivity index (χ3v) is 2.51. The molecule has 0 radical (unpaired) electrons. The topological polar surface area (TPSA) is 29.3 Å². The van der Waals surface area contributed by atoms with Crippen molar-refractivity contribution in [2.24, 2.45) is 5.73 Å². The highest BCUT2D eigenvalue weighted by molar-refractivity contribution is 7.80. The lowest BCUT2D eigenvalue weighted by atomic mass is 10.0. The number of rotatable bonds is 3. The second kappa shape index (κ2) is 4.68. The van der Waals surface area contributed by atoms with Crippen LogP contribution in [0, 0.1) is 12.7 Å². The summed E-state index contributed by atoms with van der Waals surface area (Å²) in [5.41, 5.74) is 7.18. The summed E-state index contributed by atoms with van der Waals surface area (Å²) in [5, 5.41) is 0. The Morgan fingerprint density at radius 3 is 2.47 bits per heavy atom. The van der Waals surface area contributed by atoms with Crippen LogP contribution in [0.4, 0.5) is 4.39 Å². The van der Waals surface area contributed by atoms with Crippen LogP contribution in [0.2, 0.25) is 0 Å². The lowest BCUT2D eigenvalue weighted by Crippen LogP contribution is -2.31. The molecule has 0 aliphatic carbocycles. The molecule has 0 spiro atoms. The molecule has 0 amide bonds. The smallest absolute Gasteiger partial charge is 0.126 e. The highest BCUT2D eigenvalue weighted by atomic mass is 32.1. The maximum atomic E-state index is 13.1. The van der Waals surface area contributed by atoms with Crippen LogP contribution in [0.1, 0.15) is 17.2 Å². The van der Waals surface area contributed by atoms with Gasteiger partial charge in [0.25, 0.3) is 0 Å². The molecule has 2 nitrogen and oxygen atoms in total. The van der Waals surface area contributed by atoms with Crippen LogP contribution < -0.4 is 5.73 Å². The molecular formula is C11H15FN2S. The predicted octanol–water partition coefficient (Wildman–Crippen LogP) is 2.02. The van der Waals surface area contributed by atoms with Gasteiger partial charge in [-0.2, -0.15) is 0 Å². The van der Waals surface area contributed by atoms with Gasteiger partial charge in [0.2, 0.25) is 0 Å². The van der Waals surface area contributed by atoms with Gasteiger partial charge < -0.3 is 5.73 Å². The molecule has 0 bridgehead atoms. The number of likely N-dealkylation sites (N-methyl/N-ethyl adjacent to an activating group) is 1. The number of hydrogen-bond donors (Lipinski definition) is 1. The molecule has 1 aromatic carbocycles. The van der Waals surface area contributed by atoms with E-state index in [0.717, 1.165) is 5.56 Å². The van der Waals surface area contributed by atoms with Crippen molar-refractivity contribution in [2.75, 3.05) is 14.1 Å². The van der Waals surface area contributed by atoms with Crippen LogP contribution in [-0.2, 0) is 0 Å². The Labute approximate surface area is 94.9 Å². The molecular weight excluding hydrogens is 211 g/mol. The van der Waals surface area contributed by atoms with E-state index in [4.69, 9.17) is 18.0 Å². The summed E-state index contributed by atoms with van der Waals surface area (Å²) in [6.07, 6.45) is 0. The third kappa shape index (κ3) is 2.73. The van der Waals surface area contributed by atoms with Gasteiger partial charge in [-0.05, 0) is 38.2 Å². The van der Waals surface area contributed by atoms with Crippen molar-refractivity contribution >= 4 is 17.2 Å². The standard InChI is InChI=1S/C11H15FN2S/c1-7-6-8(4-5-9(7)12)10(11(13)15)14(2)3/h4-6,10H,1-3H3,(H2,13,15). The largest absolute Gasteiger partial charge is 0.392 e. The maximum Gasteiger partial charge on any atom is 0.126 e. The van der Waals surface area contributed by atoms with E-state index in [1.54, 1.807) is 19.1 Å². The zero-order valence-electron chi connectivity index (χ0n) is 9.12. The van der Waals surface area contributed by atoms with Crippen LogP contribution in [0.5, 0.6) is 0 Å². The number of nitrogens with zero attached hydrogens (tertiary/aromatic N) is 1. The van der Waals surface area contributed by atoms with Gasteiger partial charge in [0.1, 0.15) is 5.82 Å². The summed E-state index contributed by atoms with van der Waals surface area (Å²) >= 11 is 4.99. The Morgan fingerprint density at radius 1 is 1.47 bits per heavy atom. The molecule has 0 saturated heterocycles. The number of thiocarbonyl (C=S) groups is 1. The van der Waals surface area contributed by atoms with Crippen LogP contribution in [0.3, 0.4) is 0 Å². The third-order valence-electron chi connectivity index (χ3n) is 2.28. The van der Waals surface area contributed by atoms with Gasteiger partial charge >= 0.3 is 0 Å². The van der Waals surface area contributed by atoms with Gasteiger partial charge in [0.15, 0.2) is 0 Å². The average Bonchev–Trinajstić information content (AvgIpc) is 2.10. The van der Waals surface area contributed by atoms with Crippen molar-refractivity contribution in [3.05, 3.63) is 35.1 Å². The minimum absolute atomic E-state index is 0.140. The summed E-state index contributed by atoms with van der Waals surface area (Å²) in [7, 11) is 3.78. The van der Waals surface area contributed by atoms with E-state index in [2.05, 4.69) is 0 Å². The van der Waals surface area contributed by atoms with Crippen molar-refractivity contribution in [3.8, 4) is 0 Å². The van der Waals surface area contributed by atoms with Crippen LogP contribution >= 0.6 is 12.2 Å². The van der Waals surface area contributed by atoms with Crippen LogP contribution in [-0.4, -0.2) is 24.0 Å². The van der Waals surface area contributed by atoms with Crippen molar-refractivity contribution < 1.29 is 4.39 Å². The lowest BCUT2D eigenvalue weighted by Gasteiger charge is -2.23. The molecule has 1 unspecified atom stereocenters. The zero-order valence-corrected chi connectivity index (χ0v) is 9.94. The van der Waals surface area contributed by atoms with Crippen LogP contribution in [0.25, 0.3) is 0 Å². The molecule has 0 aliphatic heterocycles. The Morgan fingerprint density at radius 2 is 2.07 bits per heavy atom. The Hall–Kier alpha value is -1.00. The Balaban J connectivity index is 3.12. The van der Waals surface area contributed by atoms with E-state index in [1.807, 2.05) is 19.0 Å². The molecule has 0 fully saturated rings. The molecule has 0 heterocycles. The highest BCUT2D eigenvalue weighted by Gasteiger charge is 2.17. The maximum absolute atomic E-state index is 13.1. The van der Waals surface area contributed by atoms with Crippen molar-refractivity contribution in [1.82, 2.24) is 4.90 Å². The van der Waals surface area contributed by atoms with Gasteiger partial charge in [-0.15, -0.1) is 0 Å². The molecule has 1 aromatic rings. The lowest BCUT2D eigenvalue weighted by molar-refractivity contribution is 0.370. The summed E-state index contributed by atoms with van der Waals surface area (Å²) in [6, 6.07) is 4.80. The first-order valence-corrected chi connectivity index (χ1v) is 5.06. The molecule has 2 N–H and O–H groups in total. The zero-order chi connectivity index (χ0) is 11.6. The number of benzene rings is 1. The summed E-state index contributed by atoms with van der Waals surface area (Å²) in [6.45, 7) is 1.73. The molecule has 4 heteroatoms. The quantitative estimate of drug-likeness (QED) is 0.800. The summed E-state index contributed by atoms with van der Waals surface area (Å²) < 4.78 is 13.1. The monoisotopic (exact) mass is 226 g/mol. The number of hydrogen-bond acceptors (Lipinski definition) is 2. The van der Waals surface area contributed by atoms with Crippen molar-refractivity contribution in [3.63, 3.8) is 0 Å². The van der Waals surface area contributed by atoms with Gasteiger partial charge in [-0.25, -0.2) is 4.39 Å². The minimum Gasteiger partial charge on any atom is -0.392 e. The van der Waals surface area contributed by atoms with E-state index in [0.29, 0.717) is 10.6 Å². The molecule has 15 heavy (non-hydrogen) atoms. The first-order chi connectivity index (χ1) is 6.93. The fraction of sp³-hybridized carbons (Fsp3) is 0.364. The van der Waals surface area contributed by atoms with Crippen LogP contribution in [0.15, 0.2) is 18.2 Å². The summed E-state index contributed by atoms with van der Waals surface area (Å²) in [4.78, 5) is 2.31.